The molecule has 0 spiro atoms. The summed E-state index contributed by atoms with van der Waals surface area (Å²) in [5.74, 6) is 0. The van der Waals surface area contributed by atoms with E-state index < -0.39 is 0 Å². The quantitative estimate of drug-likeness (QED) is 0.620. The summed E-state index contributed by atoms with van der Waals surface area (Å²) in [5, 5.41) is 0. The maximum absolute atomic E-state index is 3.86. The predicted octanol–water partition coefficient (Wildman–Crippen LogP) is 4.70. The van der Waals surface area contributed by atoms with Crippen molar-refractivity contribution < 1.29 is 0 Å². The van der Waals surface area contributed by atoms with Crippen molar-refractivity contribution in [2.24, 2.45) is 0 Å². The molecule has 0 heterocycles. The Hall–Kier alpha value is -1.56. The molecule has 0 saturated carbocycles. The predicted molar refractivity (Wildman–Crippen MR) is 73.5 cm³/mol. The van der Waals surface area contributed by atoms with Crippen molar-refractivity contribution in [1.82, 2.24) is 0 Å². The third kappa shape index (κ3) is 2.96. The van der Waals surface area contributed by atoms with Crippen LogP contribution < -0.4 is 0 Å². The molecule has 0 aliphatic heterocycles. The minimum Gasteiger partial charge on any atom is -0.0990 e. The molecule has 1 rings (SSSR count). The normalized spacial score (nSPS) is 11.2. The van der Waals surface area contributed by atoms with Gasteiger partial charge in [-0.05, 0) is 30.0 Å². The first-order valence-corrected chi connectivity index (χ1v) is 5.78. The second kappa shape index (κ2) is 6.12. The molecule has 0 fully saturated rings. The highest BCUT2D eigenvalue weighted by Crippen LogP contribution is 2.23. The molecule has 0 heteroatoms. The van der Waals surface area contributed by atoms with Gasteiger partial charge in [0.25, 0.3) is 0 Å². The Bertz CT molecular complexity index is 408. The Kier molecular flexibility index (Phi) is 4.78. The molecule has 0 N–H and O–H groups in total. The summed E-state index contributed by atoms with van der Waals surface area (Å²) in [7, 11) is 0. The highest BCUT2D eigenvalue weighted by Gasteiger charge is 2.04. The molecule has 0 unspecified atom stereocenters. The molecule has 84 valence electrons. The van der Waals surface area contributed by atoms with Gasteiger partial charge in [0, 0.05) is 0 Å². The average Bonchev–Trinajstić information content (AvgIpc) is 2.27. The van der Waals surface area contributed by atoms with E-state index in [0.717, 1.165) is 18.4 Å². The van der Waals surface area contributed by atoms with Crippen molar-refractivity contribution in [2.45, 2.75) is 26.7 Å². The zero-order chi connectivity index (χ0) is 12.0. The summed E-state index contributed by atoms with van der Waals surface area (Å²) >= 11 is 0. The largest absolute Gasteiger partial charge is 0.0990 e. The van der Waals surface area contributed by atoms with E-state index >= 15 is 0 Å². The van der Waals surface area contributed by atoms with Gasteiger partial charge in [-0.25, -0.2) is 0 Å². The number of rotatable bonds is 5. The van der Waals surface area contributed by atoms with Gasteiger partial charge < -0.3 is 0 Å². The van der Waals surface area contributed by atoms with Crippen molar-refractivity contribution in [3.8, 4) is 0 Å². The highest BCUT2D eigenvalue weighted by atomic mass is 14.1. The lowest BCUT2D eigenvalue weighted by molar-refractivity contribution is 0.917. The zero-order valence-electron chi connectivity index (χ0n) is 10.3. The second-order valence-electron chi connectivity index (χ2n) is 3.97. The van der Waals surface area contributed by atoms with Crippen LogP contribution in [0.1, 0.15) is 30.0 Å². The summed E-state index contributed by atoms with van der Waals surface area (Å²) in [6, 6.07) is 6.59. The van der Waals surface area contributed by atoms with E-state index in [2.05, 4.69) is 45.2 Å². The molecule has 1 aromatic carbocycles. The van der Waals surface area contributed by atoms with E-state index in [9.17, 15) is 0 Å². The maximum atomic E-state index is 3.86. The van der Waals surface area contributed by atoms with Crippen LogP contribution in [0.15, 0.2) is 49.6 Å². The van der Waals surface area contributed by atoms with Crippen molar-refractivity contribution in [2.75, 3.05) is 0 Å². The van der Waals surface area contributed by atoms with Gasteiger partial charge in [0.05, 0.1) is 0 Å². The lowest BCUT2D eigenvalue weighted by Gasteiger charge is -2.10. The fourth-order valence-corrected chi connectivity index (χ4v) is 1.88. The van der Waals surface area contributed by atoms with Gasteiger partial charge in [0.2, 0.25) is 0 Å². The van der Waals surface area contributed by atoms with Crippen LogP contribution in [-0.2, 0) is 6.42 Å². The number of hydrogen-bond acceptors (Lipinski definition) is 0. The van der Waals surface area contributed by atoms with E-state index in [-0.39, 0.29) is 0 Å². The fraction of sp³-hybridized carbons (Fsp3) is 0.250. The van der Waals surface area contributed by atoms with Gasteiger partial charge in [-0.2, -0.15) is 0 Å². The number of hydrogen-bond donors (Lipinski definition) is 0. The SMILES string of the molecule is C=CC=C(C=C)c1ccc(C)cc1CCC. The van der Waals surface area contributed by atoms with E-state index in [1.165, 1.54) is 16.7 Å². The summed E-state index contributed by atoms with van der Waals surface area (Å²) < 4.78 is 0. The molecule has 0 atom stereocenters. The van der Waals surface area contributed by atoms with Crippen LogP contribution in [0.3, 0.4) is 0 Å². The number of allylic oxidation sites excluding steroid dienone is 4. The van der Waals surface area contributed by atoms with Crippen LogP contribution in [0.2, 0.25) is 0 Å². The lowest BCUT2D eigenvalue weighted by atomic mass is 9.95. The van der Waals surface area contributed by atoms with Gasteiger partial charge in [0.1, 0.15) is 0 Å². The Morgan fingerprint density at radius 2 is 2.06 bits per heavy atom. The summed E-state index contributed by atoms with van der Waals surface area (Å²) in [4.78, 5) is 0. The van der Waals surface area contributed by atoms with Gasteiger partial charge >= 0.3 is 0 Å². The molecule has 1 aromatic rings. The van der Waals surface area contributed by atoms with E-state index in [1.54, 1.807) is 0 Å². The Morgan fingerprint density at radius 3 is 2.62 bits per heavy atom. The molecule has 0 radical (unpaired) electrons. The minimum absolute atomic E-state index is 1.11. The molecule has 0 bridgehead atoms. The minimum atomic E-state index is 1.11. The van der Waals surface area contributed by atoms with Crippen molar-refractivity contribution in [3.05, 3.63) is 66.3 Å². The average molecular weight is 212 g/mol. The van der Waals surface area contributed by atoms with Gasteiger partial charge in [-0.15, -0.1) is 0 Å². The molecule has 0 nitrogen and oxygen atoms in total. The molecule has 0 amide bonds. The lowest BCUT2D eigenvalue weighted by Crippen LogP contribution is -1.93. The standard InChI is InChI=1S/C16H20/c1-5-8-14(7-3)16-11-10-13(4)12-15(16)9-6-2/h5,7-8,10-12H,1,3,6,9H2,2,4H3. The molecule has 0 aromatic heterocycles. The van der Waals surface area contributed by atoms with Gasteiger partial charge in [-0.1, -0.05) is 68.5 Å². The number of aryl methyl sites for hydroxylation is 2. The first-order chi connectivity index (χ1) is 7.72. The summed E-state index contributed by atoms with van der Waals surface area (Å²) in [6.07, 6.45) is 7.99. The third-order valence-corrected chi connectivity index (χ3v) is 2.61. The Morgan fingerprint density at radius 1 is 1.31 bits per heavy atom. The molecule has 0 saturated heterocycles. The van der Waals surface area contributed by atoms with Crippen molar-refractivity contribution >= 4 is 5.57 Å². The smallest absolute Gasteiger partial charge is 0.0152 e. The zero-order valence-corrected chi connectivity index (χ0v) is 10.3. The van der Waals surface area contributed by atoms with Crippen molar-refractivity contribution in [3.63, 3.8) is 0 Å². The fourth-order valence-electron chi connectivity index (χ4n) is 1.88. The molecule has 16 heavy (non-hydrogen) atoms. The highest BCUT2D eigenvalue weighted by molar-refractivity contribution is 5.76. The maximum Gasteiger partial charge on any atom is -0.0152 e. The summed E-state index contributed by atoms with van der Waals surface area (Å²) in [5.41, 5.74) is 5.14. The van der Waals surface area contributed by atoms with Crippen LogP contribution >= 0.6 is 0 Å². The van der Waals surface area contributed by atoms with Gasteiger partial charge in [-0.3, -0.25) is 0 Å². The topological polar surface area (TPSA) is 0 Å². The van der Waals surface area contributed by atoms with Crippen molar-refractivity contribution in [1.29, 1.82) is 0 Å². The van der Waals surface area contributed by atoms with Crippen LogP contribution in [0.4, 0.5) is 0 Å². The number of benzene rings is 1. The van der Waals surface area contributed by atoms with E-state index in [0.29, 0.717) is 0 Å². The second-order valence-corrected chi connectivity index (χ2v) is 3.97. The van der Waals surface area contributed by atoms with Crippen LogP contribution in [0.25, 0.3) is 5.57 Å². The summed E-state index contributed by atoms with van der Waals surface area (Å²) in [6.45, 7) is 11.9. The first-order valence-electron chi connectivity index (χ1n) is 5.78. The van der Waals surface area contributed by atoms with Crippen LogP contribution in [-0.4, -0.2) is 0 Å². The molecule has 0 aliphatic carbocycles. The molecular formula is C16H20. The van der Waals surface area contributed by atoms with E-state index in [1.807, 2.05) is 18.2 Å². The third-order valence-electron chi connectivity index (χ3n) is 2.61. The first kappa shape index (κ1) is 12.5. The molecule has 0 aliphatic rings. The van der Waals surface area contributed by atoms with Crippen LogP contribution in [0, 0.1) is 6.92 Å². The van der Waals surface area contributed by atoms with Gasteiger partial charge in [0.15, 0.2) is 0 Å². The van der Waals surface area contributed by atoms with Crippen LogP contribution in [0.5, 0.6) is 0 Å². The molecular weight excluding hydrogens is 192 g/mol. The Labute approximate surface area is 99.0 Å². The Balaban J connectivity index is 3.25. The monoisotopic (exact) mass is 212 g/mol. The van der Waals surface area contributed by atoms with E-state index in [4.69, 9.17) is 0 Å².